The minimum Gasteiger partial charge on any atom is -0.389 e. The molecule has 22 heavy (non-hydrogen) atoms. The first-order chi connectivity index (χ1) is 10.5. The zero-order valence-electron chi connectivity index (χ0n) is 12.7. The number of aliphatic hydroxyl groups is 1. The molecule has 6 heteroatoms. The molecule has 1 saturated heterocycles. The monoisotopic (exact) mass is 347 g/mol. The Morgan fingerprint density at radius 3 is 2.50 bits per heavy atom. The van der Waals surface area contributed by atoms with Crippen molar-refractivity contribution in [2.75, 3.05) is 23.8 Å². The molecule has 0 radical (unpaired) electrons. The Bertz CT molecular complexity index is 450. The van der Waals surface area contributed by atoms with Gasteiger partial charge in [0.2, 0.25) is 6.43 Å². The highest BCUT2D eigenvalue weighted by Crippen LogP contribution is 2.27. The van der Waals surface area contributed by atoms with Crippen LogP contribution in [0.4, 0.5) is 8.78 Å². The maximum atomic E-state index is 12.2. The average Bonchev–Trinajstić information content (AvgIpc) is 2.52. The van der Waals surface area contributed by atoms with Crippen LogP contribution in [0.15, 0.2) is 29.2 Å². The number of benzene rings is 1. The standard InChI is InChI=1S/C16H23F2NOS2/c1-12(19-11-16(20)6-8-21-9-7-16)13-2-4-14(5-3-13)22-10-15(17)18/h2-5,12,15,19-20H,6-11H2,1H3. The van der Waals surface area contributed by atoms with Crippen LogP contribution in [0.1, 0.15) is 31.4 Å². The second-order valence-corrected chi connectivity index (χ2v) is 8.03. The summed E-state index contributed by atoms with van der Waals surface area (Å²) in [7, 11) is 0. The van der Waals surface area contributed by atoms with Crippen LogP contribution < -0.4 is 5.32 Å². The van der Waals surface area contributed by atoms with E-state index < -0.39 is 12.0 Å². The van der Waals surface area contributed by atoms with E-state index in [9.17, 15) is 13.9 Å². The van der Waals surface area contributed by atoms with Gasteiger partial charge in [-0.2, -0.15) is 11.8 Å². The van der Waals surface area contributed by atoms with Crippen LogP contribution in [0, 0.1) is 0 Å². The van der Waals surface area contributed by atoms with Gasteiger partial charge in [-0.25, -0.2) is 8.78 Å². The SMILES string of the molecule is CC(NCC1(O)CCSCC1)c1ccc(SCC(F)F)cc1. The van der Waals surface area contributed by atoms with Crippen molar-refractivity contribution >= 4 is 23.5 Å². The van der Waals surface area contributed by atoms with Gasteiger partial charge in [-0.1, -0.05) is 12.1 Å². The molecule has 0 amide bonds. The van der Waals surface area contributed by atoms with Gasteiger partial charge in [0.05, 0.1) is 11.4 Å². The third-order valence-corrected chi connectivity index (χ3v) is 5.93. The van der Waals surface area contributed by atoms with Gasteiger partial charge in [-0.15, -0.1) is 11.8 Å². The van der Waals surface area contributed by atoms with Crippen LogP contribution in [0.2, 0.25) is 0 Å². The highest BCUT2D eigenvalue weighted by Gasteiger charge is 2.29. The van der Waals surface area contributed by atoms with E-state index in [1.54, 1.807) is 0 Å². The number of nitrogens with one attached hydrogen (secondary N) is 1. The summed E-state index contributed by atoms with van der Waals surface area (Å²) in [4.78, 5) is 0.860. The molecule has 0 aromatic heterocycles. The van der Waals surface area contributed by atoms with E-state index in [2.05, 4.69) is 12.2 Å². The van der Waals surface area contributed by atoms with Crippen molar-refractivity contribution < 1.29 is 13.9 Å². The normalized spacial score (nSPS) is 19.3. The van der Waals surface area contributed by atoms with Gasteiger partial charge in [0.25, 0.3) is 0 Å². The quantitative estimate of drug-likeness (QED) is 0.732. The second-order valence-electron chi connectivity index (χ2n) is 5.71. The zero-order chi connectivity index (χ0) is 16.0. The third-order valence-electron chi connectivity index (χ3n) is 3.92. The molecular weight excluding hydrogens is 324 g/mol. The molecule has 1 unspecified atom stereocenters. The van der Waals surface area contributed by atoms with Crippen LogP contribution in [-0.2, 0) is 0 Å². The number of alkyl halides is 2. The fourth-order valence-electron chi connectivity index (χ4n) is 2.40. The molecule has 0 spiro atoms. The van der Waals surface area contributed by atoms with Gasteiger partial charge in [-0.3, -0.25) is 0 Å². The summed E-state index contributed by atoms with van der Waals surface area (Å²) in [6.07, 6.45) is -0.610. The molecule has 2 N–H and O–H groups in total. The lowest BCUT2D eigenvalue weighted by molar-refractivity contribution is 0.0300. The summed E-state index contributed by atoms with van der Waals surface area (Å²) in [6, 6.07) is 7.82. The minimum atomic E-state index is -2.28. The first kappa shape index (κ1) is 18.0. The molecule has 2 rings (SSSR count). The lowest BCUT2D eigenvalue weighted by Crippen LogP contribution is -2.44. The number of halogens is 2. The Morgan fingerprint density at radius 2 is 1.91 bits per heavy atom. The summed E-state index contributed by atoms with van der Waals surface area (Å²) in [5, 5.41) is 13.9. The smallest absolute Gasteiger partial charge is 0.247 e. The molecule has 1 heterocycles. The molecule has 2 nitrogen and oxygen atoms in total. The number of hydrogen-bond acceptors (Lipinski definition) is 4. The van der Waals surface area contributed by atoms with Gasteiger partial charge in [-0.05, 0) is 49.0 Å². The Hall–Kier alpha value is -0.300. The average molecular weight is 347 g/mol. The summed E-state index contributed by atoms with van der Waals surface area (Å²) < 4.78 is 24.4. The first-order valence-electron chi connectivity index (χ1n) is 7.53. The molecule has 0 aliphatic carbocycles. The van der Waals surface area contributed by atoms with E-state index in [4.69, 9.17) is 0 Å². The Morgan fingerprint density at radius 1 is 1.27 bits per heavy atom. The van der Waals surface area contributed by atoms with Gasteiger partial charge in [0, 0.05) is 17.5 Å². The van der Waals surface area contributed by atoms with Crippen molar-refractivity contribution in [2.45, 2.75) is 42.7 Å². The van der Waals surface area contributed by atoms with E-state index in [0.29, 0.717) is 6.54 Å². The third kappa shape index (κ3) is 5.72. The van der Waals surface area contributed by atoms with Crippen molar-refractivity contribution in [1.29, 1.82) is 0 Å². The summed E-state index contributed by atoms with van der Waals surface area (Å²) in [5.41, 5.74) is 0.516. The van der Waals surface area contributed by atoms with Crippen molar-refractivity contribution in [3.05, 3.63) is 29.8 Å². The molecule has 1 aromatic carbocycles. The molecule has 1 aliphatic rings. The van der Waals surface area contributed by atoms with Gasteiger partial charge < -0.3 is 10.4 Å². The van der Waals surface area contributed by atoms with Crippen molar-refractivity contribution in [3.8, 4) is 0 Å². The Kier molecular flexibility index (Phi) is 6.99. The number of rotatable bonds is 7. The zero-order valence-corrected chi connectivity index (χ0v) is 14.4. The van der Waals surface area contributed by atoms with Crippen LogP contribution >= 0.6 is 23.5 Å². The van der Waals surface area contributed by atoms with Crippen molar-refractivity contribution in [1.82, 2.24) is 5.32 Å². The number of thioether (sulfide) groups is 2. The van der Waals surface area contributed by atoms with E-state index in [1.165, 1.54) is 11.8 Å². The predicted octanol–water partition coefficient (Wildman–Crippen LogP) is 3.95. The minimum absolute atomic E-state index is 0.132. The van der Waals surface area contributed by atoms with E-state index >= 15 is 0 Å². The van der Waals surface area contributed by atoms with Crippen LogP contribution in [0.25, 0.3) is 0 Å². The highest BCUT2D eigenvalue weighted by molar-refractivity contribution is 7.99. The molecule has 1 atom stereocenters. The van der Waals surface area contributed by atoms with E-state index in [0.717, 1.165) is 34.8 Å². The van der Waals surface area contributed by atoms with Gasteiger partial charge >= 0.3 is 0 Å². The molecular formula is C16H23F2NOS2. The Balaban J connectivity index is 1.82. The van der Waals surface area contributed by atoms with Crippen LogP contribution in [-0.4, -0.2) is 40.9 Å². The fourth-order valence-corrected chi connectivity index (χ4v) is 4.30. The topological polar surface area (TPSA) is 32.3 Å². The van der Waals surface area contributed by atoms with Crippen LogP contribution in [0.3, 0.4) is 0 Å². The van der Waals surface area contributed by atoms with Crippen molar-refractivity contribution in [2.24, 2.45) is 0 Å². The lowest BCUT2D eigenvalue weighted by atomic mass is 9.96. The van der Waals surface area contributed by atoms with Gasteiger partial charge in [0.1, 0.15) is 0 Å². The van der Waals surface area contributed by atoms with Crippen molar-refractivity contribution in [3.63, 3.8) is 0 Å². The fraction of sp³-hybridized carbons (Fsp3) is 0.625. The molecule has 1 aromatic rings. The molecule has 1 fully saturated rings. The van der Waals surface area contributed by atoms with E-state index in [-0.39, 0.29) is 11.8 Å². The van der Waals surface area contributed by atoms with Crippen LogP contribution in [0.5, 0.6) is 0 Å². The first-order valence-corrected chi connectivity index (χ1v) is 9.67. The Labute approximate surface area is 139 Å². The molecule has 124 valence electrons. The maximum Gasteiger partial charge on any atom is 0.247 e. The molecule has 0 bridgehead atoms. The second kappa shape index (κ2) is 8.52. The van der Waals surface area contributed by atoms with Gasteiger partial charge in [0.15, 0.2) is 0 Å². The lowest BCUT2D eigenvalue weighted by Gasteiger charge is -2.33. The molecule has 1 aliphatic heterocycles. The number of hydrogen-bond donors (Lipinski definition) is 2. The highest BCUT2D eigenvalue weighted by atomic mass is 32.2. The summed E-state index contributed by atoms with van der Waals surface area (Å²) in [5.74, 6) is 1.86. The largest absolute Gasteiger partial charge is 0.389 e. The predicted molar refractivity (Wildman–Crippen MR) is 91.1 cm³/mol. The van der Waals surface area contributed by atoms with E-state index in [1.807, 2.05) is 36.0 Å². The summed E-state index contributed by atoms with van der Waals surface area (Å²) >= 11 is 3.06. The molecule has 0 saturated carbocycles. The maximum absolute atomic E-state index is 12.2. The summed E-state index contributed by atoms with van der Waals surface area (Å²) in [6.45, 7) is 2.65.